The summed E-state index contributed by atoms with van der Waals surface area (Å²) in [7, 11) is 0. The van der Waals surface area contributed by atoms with Crippen molar-refractivity contribution in [1.29, 1.82) is 0 Å². The lowest BCUT2D eigenvalue weighted by Crippen LogP contribution is -2.52. The van der Waals surface area contributed by atoms with Crippen molar-refractivity contribution in [3.8, 4) is 11.5 Å². The first-order chi connectivity index (χ1) is 20.8. The van der Waals surface area contributed by atoms with Crippen LogP contribution in [0.15, 0.2) is 84.9 Å². The summed E-state index contributed by atoms with van der Waals surface area (Å²) in [5, 5.41) is 1.98. The molecule has 6 rings (SSSR count). The summed E-state index contributed by atoms with van der Waals surface area (Å²) in [5.74, 6) is -0.799. The number of primary amides is 1. The highest BCUT2D eigenvalue weighted by molar-refractivity contribution is 5.94. The van der Waals surface area contributed by atoms with Crippen molar-refractivity contribution >= 4 is 28.5 Å². The van der Waals surface area contributed by atoms with E-state index in [9.17, 15) is 18.8 Å². The van der Waals surface area contributed by atoms with Gasteiger partial charge in [0, 0.05) is 19.0 Å². The molecule has 1 saturated heterocycles. The first kappa shape index (κ1) is 28.2. The molecule has 0 saturated carbocycles. The number of hydrogen-bond donors (Lipinski definition) is 1. The Morgan fingerprint density at radius 2 is 1.74 bits per heavy atom. The van der Waals surface area contributed by atoms with Gasteiger partial charge in [0.25, 0.3) is 5.91 Å². The van der Waals surface area contributed by atoms with Crippen molar-refractivity contribution in [1.82, 2.24) is 9.80 Å². The number of rotatable bonds is 7. The van der Waals surface area contributed by atoms with E-state index in [2.05, 4.69) is 0 Å². The molecule has 43 heavy (non-hydrogen) atoms. The van der Waals surface area contributed by atoms with E-state index in [0.717, 1.165) is 16.3 Å². The smallest absolute Gasteiger partial charge is 0.250 e. The largest absolute Gasteiger partial charge is 0.454 e. The molecule has 3 atom stereocenters. The summed E-state index contributed by atoms with van der Waals surface area (Å²) in [6.07, 6.45) is 0.608. The second-order valence-electron chi connectivity index (χ2n) is 11.1. The average Bonchev–Trinajstić information content (AvgIpc) is 3.42. The number of benzene rings is 4. The molecule has 0 bridgehead atoms. The maximum Gasteiger partial charge on any atom is 0.250 e. The SMILES string of the molecule is CC1CCN(C(Cc2cccc3ccccc23)C(N)=O)C(=O)C(c2cccc(F)c2)N1C(=O)Cc1ccc2c(c1)OCO2. The quantitative estimate of drug-likeness (QED) is 0.345. The van der Waals surface area contributed by atoms with Crippen LogP contribution in [0.25, 0.3) is 10.8 Å². The van der Waals surface area contributed by atoms with Gasteiger partial charge in [-0.15, -0.1) is 0 Å². The van der Waals surface area contributed by atoms with Gasteiger partial charge in [0.1, 0.15) is 17.9 Å². The van der Waals surface area contributed by atoms with Crippen molar-refractivity contribution in [2.45, 2.75) is 44.3 Å². The molecule has 8 nitrogen and oxygen atoms in total. The molecule has 2 aliphatic heterocycles. The van der Waals surface area contributed by atoms with Crippen LogP contribution >= 0.6 is 0 Å². The summed E-state index contributed by atoms with van der Waals surface area (Å²) in [6, 6.07) is 22.1. The number of nitrogens with two attached hydrogens (primary N) is 1. The Morgan fingerprint density at radius 3 is 2.56 bits per heavy atom. The molecule has 2 aliphatic rings. The van der Waals surface area contributed by atoms with Gasteiger partial charge >= 0.3 is 0 Å². The van der Waals surface area contributed by atoms with Crippen LogP contribution in [0.2, 0.25) is 0 Å². The van der Waals surface area contributed by atoms with Crippen LogP contribution in [-0.4, -0.2) is 52.9 Å². The fraction of sp³-hybridized carbons (Fsp3) is 0.265. The zero-order chi connectivity index (χ0) is 30.1. The van der Waals surface area contributed by atoms with E-state index < -0.39 is 35.8 Å². The van der Waals surface area contributed by atoms with Crippen LogP contribution in [0, 0.1) is 5.82 Å². The number of fused-ring (bicyclic) bond motifs is 2. The number of hydrogen-bond acceptors (Lipinski definition) is 5. The maximum absolute atomic E-state index is 14.5. The molecule has 0 radical (unpaired) electrons. The predicted octanol–water partition coefficient (Wildman–Crippen LogP) is 4.54. The highest BCUT2D eigenvalue weighted by Crippen LogP contribution is 2.35. The van der Waals surface area contributed by atoms with Crippen molar-refractivity contribution in [3.05, 3.63) is 107 Å². The van der Waals surface area contributed by atoms with Crippen LogP contribution in [0.5, 0.6) is 11.5 Å². The molecule has 220 valence electrons. The van der Waals surface area contributed by atoms with E-state index in [1.807, 2.05) is 49.4 Å². The zero-order valence-electron chi connectivity index (χ0n) is 23.7. The molecule has 0 spiro atoms. The van der Waals surface area contributed by atoms with Crippen LogP contribution in [0.1, 0.15) is 36.1 Å². The molecule has 4 aromatic rings. The Hall–Kier alpha value is -4.92. The number of ether oxygens (including phenoxy) is 2. The Labute approximate surface area is 248 Å². The van der Waals surface area contributed by atoms with Crippen molar-refractivity contribution in [2.75, 3.05) is 13.3 Å². The van der Waals surface area contributed by atoms with Gasteiger partial charge in [-0.05, 0) is 65.1 Å². The van der Waals surface area contributed by atoms with Gasteiger partial charge in [0.2, 0.25) is 18.6 Å². The molecule has 0 aromatic heterocycles. The van der Waals surface area contributed by atoms with Crippen molar-refractivity contribution in [3.63, 3.8) is 0 Å². The Kier molecular flexibility index (Phi) is 7.71. The summed E-state index contributed by atoms with van der Waals surface area (Å²) in [5.41, 5.74) is 7.86. The Bertz CT molecular complexity index is 1700. The molecule has 3 unspecified atom stereocenters. The van der Waals surface area contributed by atoms with Gasteiger partial charge in [-0.2, -0.15) is 0 Å². The number of amides is 3. The molecule has 2 heterocycles. The summed E-state index contributed by atoms with van der Waals surface area (Å²) < 4.78 is 25.4. The van der Waals surface area contributed by atoms with E-state index in [4.69, 9.17) is 15.2 Å². The van der Waals surface area contributed by atoms with Crippen LogP contribution < -0.4 is 15.2 Å². The third-order valence-corrected chi connectivity index (χ3v) is 8.30. The Morgan fingerprint density at radius 1 is 0.977 bits per heavy atom. The monoisotopic (exact) mass is 581 g/mol. The topological polar surface area (TPSA) is 102 Å². The van der Waals surface area contributed by atoms with Crippen molar-refractivity contribution in [2.24, 2.45) is 5.73 Å². The highest BCUT2D eigenvalue weighted by Gasteiger charge is 2.43. The van der Waals surface area contributed by atoms with Crippen LogP contribution in [-0.2, 0) is 27.2 Å². The zero-order valence-corrected chi connectivity index (χ0v) is 23.7. The molecule has 4 aromatic carbocycles. The fourth-order valence-electron chi connectivity index (χ4n) is 6.14. The maximum atomic E-state index is 14.5. The lowest BCUT2D eigenvalue weighted by molar-refractivity contribution is -0.148. The van der Waals surface area contributed by atoms with Crippen LogP contribution in [0.3, 0.4) is 0 Å². The van der Waals surface area contributed by atoms with Gasteiger partial charge in [-0.1, -0.05) is 60.7 Å². The van der Waals surface area contributed by atoms with E-state index in [1.165, 1.54) is 28.0 Å². The first-order valence-corrected chi connectivity index (χ1v) is 14.3. The van der Waals surface area contributed by atoms with E-state index in [1.54, 1.807) is 24.3 Å². The van der Waals surface area contributed by atoms with Gasteiger partial charge in [-0.3, -0.25) is 14.4 Å². The minimum atomic E-state index is -1.15. The lowest BCUT2D eigenvalue weighted by atomic mass is 9.96. The molecular formula is C34H32FN3O5. The normalized spacial score (nSPS) is 18.9. The molecule has 0 aliphatic carbocycles. The standard InChI is InChI=1S/C34H32FN3O5/c1-21-14-15-37(28(33(36)40)19-24-8-4-7-23-6-2-3-11-27(23)24)34(41)32(25-9-5-10-26(35)18-25)38(21)31(39)17-22-12-13-29-30(16-22)43-20-42-29/h2-13,16,18,21,28,32H,14-15,17,19-20H2,1H3,(H2,36,40). The molecular weight excluding hydrogens is 549 g/mol. The number of nitrogens with zero attached hydrogens (tertiary/aromatic N) is 2. The van der Waals surface area contributed by atoms with Gasteiger partial charge in [0.15, 0.2) is 11.5 Å². The van der Waals surface area contributed by atoms with Gasteiger partial charge in [-0.25, -0.2) is 4.39 Å². The highest BCUT2D eigenvalue weighted by atomic mass is 19.1. The molecule has 3 amide bonds. The van der Waals surface area contributed by atoms with Crippen LogP contribution in [0.4, 0.5) is 4.39 Å². The van der Waals surface area contributed by atoms with E-state index in [0.29, 0.717) is 29.0 Å². The Balaban J connectivity index is 1.36. The van der Waals surface area contributed by atoms with Gasteiger partial charge < -0.3 is 25.0 Å². The molecule has 2 N–H and O–H groups in total. The van der Waals surface area contributed by atoms with E-state index >= 15 is 0 Å². The molecule has 1 fully saturated rings. The summed E-state index contributed by atoms with van der Waals surface area (Å²) in [4.78, 5) is 44.5. The number of halogens is 1. The van der Waals surface area contributed by atoms with Crippen molar-refractivity contribution < 1.29 is 28.2 Å². The minimum absolute atomic E-state index is 0.00463. The number of carbonyl (C=O) groups excluding carboxylic acids is 3. The first-order valence-electron chi connectivity index (χ1n) is 14.3. The second kappa shape index (κ2) is 11.8. The summed E-state index contributed by atoms with van der Waals surface area (Å²) >= 11 is 0. The lowest BCUT2D eigenvalue weighted by Gasteiger charge is -2.36. The average molecular weight is 582 g/mol. The van der Waals surface area contributed by atoms with Gasteiger partial charge in [0.05, 0.1) is 6.42 Å². The minimum Gasteiger partial charge on any atom is -0.454 e. The second-order valence-corrected chi connectivity index (χ2v) is 11.1. The summed E-state index contributed by atoms with van der Waals surface area (Å²) in [6.45, 7) is 2.18. The molecule has 9 heteroatoms. The third-order valence-electron chi connectivity index (χ3n) is 8.30. The number of carbonyl (C=O) groups is 3. The fourth-order valence-corrected chi connectivity index (χ4v) is 6.14. The third kappa shape index (κ3) is 5.62. The predicted molar refractivity (Wildman–Crippen MR) is 159 cm³/mol. The van der Waals surface area contributed by atoms with E-state index in [-0.39, 0.29) is 32.1 Å².